The molecule has 4 atom stereocenters. The fourth-order valence-electron chi connectivity index (χ4n) is 4.67. The Morgan fingerprint density at radius 2 is 1.74 bits per heavy atom. The van der Waals surface area contributed by atoms with E-state index in [4.69, 9.17) is 26.2 Å². The van der Waals surface area contributed by atoms with Crippen LogP contribution in [-0.2, 0) is 9.53 Å². The van der Waals surface area contributed by atoms with Crippen molar-refractivity contribution in [1.29, 1.82) is 0 Å². The molecule has 7 heteroatoms. The Balaban J connectivity index is 1.83. The summed E-state index contributed by atoms with van der Waals surface area (Å²) in [6.07, 6.45) is -0.606. The molecule has 1 saturated heterocycles. The lowest BCUT2D eigenvalue weighted by Crippen LogP contribution is -2.32. The molecule has 0 aliphatic carbocycles. The van der Waals surface area contributed by atoms with E-state index in [2.05, 4.69) is 6.58 Å². The van der Waals surface area contributed by atoms with Crippen molar-refractivity contribution < 1.29 is 28.2 Å². The molecule has 4 nitrogen and oxygen atoms in total. The van der Waals surface area contributed by atoms with Gasteiger partial charge in [-0.25, -0.2) is 13.6 Å². The summed E-state index contributed by atoms with van der Waals surface area (Å²) in [6, 6.07) is 18.3. The van der Waals surface area contributed by atoms with E-state index in [1.165, 1.54) is 18.2 Å². The number of rotatable bonds is 7. The van der Waals surface area contributed by atoms with Gasteiger partial charge in [-0.05, 0) is 48.7 Å². The summed E-state index contributed by atoms with van der Waals surface area (Å²) in [6.45, 7) is 5.38. The van der Waals surface area contributed by atoms with Crippen molar-refractivity contribution in [2.75, 3.05) is 6.61 Å². The predicted molar refractivity (Wildman–Crippen MR) is 130 cm³/mol. The Morgan fingerprint density at radius 3 is 2.37 bits per heavy atom. The molecule has 1 aliphatic heterocycles. The van der Waals surface area contributed by atoms with Gasteiger partial charge in [0.05, 0.1) is 17.2 Å². The molecule has 4 rings (SSSR count). The molecule has 3 aromatic rings. The number of ether oxygens (including phenoxy) is 2. The van der Waals surface area contributed by atoms with E-state index in [1.54, 1.807) is 12.1 Å². The van der Waals surface area contributed by atoms with Gasteiger partial charge >= 0.3 is 5.97 Å². The SMILES string of the molecule is C=C(C)[C@H]1C[C@H](c2ccccc2)[C@H](c2ccc(F)cc2)O[C@@H]1c1cc(F)cc(Cl)c1OCC(=O)O. The molecule has 0 unspecified atom stereocenters. The predicted octanol–water partition coefficient (Wildman–Crippen LogP) is 7.26. The molecule has 1 aliphatic rings. The molecule has 182 valence electrons. The zero-order valence-electron chi connectivity index (χ0n) is 19.1. The highest BCUT2D eigenvalue weighted by molar-refractivity contribution is 6.32. The Hall–Kier alpha value is -3.22. The van der Waals surface area contributed by atoms with E-state index in [-0.39, 0.29) is 28.4 Å². The summed E-state index contributed by atoms with van der Waals surface area (Å²) in [7, 11) is 0. The molecule has 35 heavy (non-hydrogen) atoms. The first-order valence-corrected chi connectivity index (χ1v) is 11.6. The van der Waals surface area contributed by atoms with E-state index in [1.807, 2.05) is 37.3 Å². The van der Waals surface area contributed by atoms with Crippen molar-refractivity contribution in [2.24, 2.45) is 5.92 Å². The van der Waals surface area contributed by atoms with Crippen LogP contribution in [0.5, 0.6) is 5.75 Å². The van der Waals surface area contributed by atoms with E-state index in [0.29, 0.717) is 12.0 Å². The van der Waals surface area contributed by atoms with Crippen LogP contribution in [0.25, 0.3) is 0 Å². The van der Waals surface area contributed by atoms with E-state index >= 15 is 0 Å². The summed E-state index contributed by atoms with van der Waals surface area (Å²) >= 11 is 6.28. The molecule has 0 saturated carbocycles. The number of benzene rings is 3. The van der Waals surface area contributed by atoms with Gasteiger partial charge in [-0.2, -0.15) is 0 Å². The van der Waals surface area contributed by atoms with Gasteiger partial charge in [0.25, 0.3) is 0 Å². The summed E-state index contributed by atoms with van der Waals surface area (Å²) in [5.41, 5.74) is 2.94. The van der Waals surface area contributed by atoms with Crippen molar-refractivity contribution in [3.05, 3.63) is 112 Å². The van der Waals surface area contributed by atoms with Crippen molar-refractivity contribution in [1.82, 2.24) is 0 Å². The molecule has 1 N–H and O–H groups in total. The highest BCUT2D eigenvalue weighted by Gasteiger charge is 2.42. The normalized spacial score (nSPS) is 21.9. The fourth-order valence-corrected chi connectivity index (χ4v) is 4.94. The summed E-state index contributed by atoms with van der Waals surface area (Å²) in [4.78, 5) is 11.2. The Morgan fingerprint density at radius 1 is 1.06 bits per heavy atom. The van der Waals surface area contributed by atoms with Gasteiger partial charge in [0, 0.05) is 17.4 Å². The zero-order valence-corrected chi connectivity index (χ0v) is 19.8. The smallest absolute Gasteiger partial charge is 0.341 e. The number of halogens is 3. The first-order valence-electron chi connectivity index (χ1n) is 11.2. The average molecular weight is 499 g/mol. The molecular formula is C28H25ClF2O4. The maximum atomic E-state index is 14.5. The molecule has 0 aromatic heterocycles. The minimum Gasteiger partial charge on any atom is -0.480 e. The summed E-state index contributed by atoms with van der Waals surface area (Å²) in [5, 5.41) is 9.07. The lowest BCUT2D eigenvalue weighted by Gasteiger charge is -2.43. The fraction of sp³-hybridized carbons (Fsp3) is 0.250. The molecular weight excluding hydrogens is 474 g/mol. The maximum Gasteiger partial charge on any atom is 0.341 e. The van der Waals surface area contributed by atoms with Gasteiger partial charge < -0.3 is 14.6 Å². The molecule has 0 radical (unpaired) electrons. The van der Waals surface area contributed by atoms with Crippen molar-refractivity contribution in [2.45, 2.75) is 31.5 Å². The van der Waals surface area contributed by atoms with Crippen LogP contribution in [0.3, 0.4) is 0 Å². The third-order valence-corrected chi connectivity index (χ3v) is 6.56. The second-order valence-corrected chi connectivity index (χ2v) is 9.13. The third kappa shape index (κ3) is 5.55. The molecule has 0 spiro atoms. The van der Waals surface area contributed by atoms with Gasteiger partial charge in [-0.3, -0.25) is 0 Å². The number of carboxylic acid groups (broad SMARTS) is 1. The van der Waals surface area contributed by atoms with Crippen LogP contribution in [0.15, 0.2) is 78.9 Å². The van der Waals surface area contributed by atoms with Crippen LogP contribution in [0, 0.1) is 17.6 Å². The number of hydrogen-bond donors (Lipinski definition) is 1. The van der Waals surface area contributed by atoms with E-state index in [0.717, 1.165) is 22.8 Å². The van der Waals surface area contributed by atoms with Crippen LogP contribution in [-0.4, -0.2) is 17.7 Å². The van der Waals surface area contributed by atoms with E-state index < -0.39 is 30.6 Å². The molecule has 0 amide bonds. The first kappa shape index (κ1) is 24.9. The average Bonchev–Trinajstić information content (AvgIpc) is 2.83. The Labute approximate surface area is 207 Å². The van der Waals surface area contributed by atoms with Crippen LogP contribution in [0.1, 0.15) is 48.2 Å². The van der Waals surface area contributed by atoms with Crippen LogP contribution >= 0.6 is 11.6 Å². The summed E-state index contributed by atoms with van der Waals surface area (Å²) < 4.78 is 40.4. The lowest BCUT2D eigenvalue weighted by molar-refractivity contribution is -0.139. The van der Waals surface area contributed by atoms with Crippen molar-refractivity contribution in [3.8, 4) is 5.75 Å². The second-order valence-electron chi connectivity index (χ2n) is 8.72. The van der Waals surface area contributed by atoms with Gasteiger partial charge in [0.2, 0.25) is 0 Å². The first-order chi connectivity index (χ1) is 16.7. The number of carboxylic acids is 1. The van der Waals surface area contributed by atoms with Gasteiger partial charge in [0.1, 0.15) is 17.4 Å². The van der Waals surface area contributed by atoms with Gasteiger partial charge in [0.15, 0.2) is 6.61 Å². The van der Waals surface area contributed by atoms with Gasteiger partial charge in [-0.1, -0.05) is 66.2 Å². The topological polar surface area (TPSA) is 55.8 Å². The number of aliphatic carboxylic acids is 1. The van der Waals surface area contributed by atoms with Gasteiger partial charge in [-0.15, -0.1) is 0 Å². The number of carbonyl (C=O) groups is 1. The highest BCUT2D eigenvalue weighted by atomic mass is 35.5. The molecule has 1 heterocycles. The molecule has 3 aromatic carbocycles. The Kier molecular flexibility index (Phi) is 7.53. The highest BCUT2D eigenvalue weighted by Crippen LogP contribution is 2.53. The van der Waals surface area contributed by atoms with Crippen LogP contribution in [0.2, 0.25) is 5.02 Å². The molecule has 0 bridgehead atoms. The number of hydrogen-bond acceptors (Lipinski definition) is 3. The maximum absolute atomic E-state index is 14.5. The minimum absolute atomic E-state index is 0.0474. The molecule has 1 fully saturated rings. The lowest BCUT2D eigenvalue weighted by atomic mass is 9.74. The second kappa shape index (κ2) is 10.6. The largest absolute Gasteiger partial charge is 0.480 e. The van der Waals surface area contributed by atoms with Crippen LogP contribution in [0.4, 0.5) is 8.78 Å². The monoisotopic (exact) mass is 498 g/mol. The Bertz CT molecular complexity index is 1210. The van der Waals surface area contributed by atoms with Crippen molar-refractivity contribution in [3.63, 3.8) is 0 Å². The van der Waals surface area contributed by atoms with Crippen LogP contribution < -0.4 is 4.74 Å². The standard InChI is InChI=1S/C28H25ClF2O4/c1-16(2)21-14-22(17-6-4-3-5-7-17)26(18-8-10-19(30)11-9-18)35-27(21)23-12-20(31)13-24(29)28(23)34-15-25(32)33/h3-13,21-22,26-27H,1,14-15H2,2H3,(H,32,33)/t21-,22-,26+,27+/m1/s1. The zero-order chi connectivity index (χ0) is 25.1. The quantitative estimate of drug-likeness (QED) is 0.348. The summed E-state index contributed by atoms with van der Waals surface area (Å²) in [5.74, 6) is -2.43. The minimum atomic E-state index is -1.19. The van der Waals surface area contributed by atoms with E-state index in [9.17, 15) is 13.6 Å². The third-order valence-electron chi connectivity index (χ3n) is 6.27. The van der Waals surface area contributed by atoms with Crippen molar-refractivity contribution >= 4 is 17.6 Å².